The van der Waals surface area contributed by atoms with Gasteiger partial charge in [-0.1, -0.05) is 0 Å². The molecule has 24 heavy (non-hydrogen) atoms. The SMILES string of the molecule is NC(=O)c1ccc(S(=O)(=O)Nc2ccc(-n3cncn3)cc2)cc1. The van der Waals surface area contributed by atoms with Crippen LogP contribution in [0.4, 0.5) is 5.69 Å². The van der Waals surface area contributed by atoms with E-state index in [1.165, 1.54) is 30.6 Å². The minimum Gasteiger partial charge on any atom is -0.366 e. The highest BCUT2D eigenvalue weighted by Crippen LogP contribution is 2.18. The Hall–Kier alpha value is -3.20. The van der Waals surface area contributed by atoms with Crippen LogP contribution in [0.15, 0.2) is 66.1 Å². The molecular formula is C15H13N5O3S. The number of hydrogen-bond donors (Lipinski definition) is 2. The third-order valence-electron chi connectivity index (χ3n) is 3.25. The summed E-state index contributed by atoms with van der Waals surface area (Å²) in [5, 5.41) is 3.99. The molecule has 3 rings (SSSR count). The van der Waals surface area contributed by atoms with Crippen molar-refractivity contribution in [2.24, 2.45) is 5.73 Å². The number of nitrogens with zero attached hydrogens (tertiary/aromatic N) is 3. The van der Waals surface area contributed by atoms with Gasteiger partial charge in [-0.3, -0.25) is 9.52 Å². The van der Waals surface area contributed by atoms with Gasteiger partial charge in [-0.25, -0.2) is 18.1 Å². The van der Waals surface area contributed by atoms with Gasteiger partial charge < -0.3 is 5.73 Å². The molecule has 0 aliphatic carbocycles. The summed E-state index contributed by atoms with van der Waals surface area (Å²) in [6, 6.07) is 12.0. The smallest absolute Gasteiger partial charge is 0.261 e. The average Bonchev–Trinajstić information content (AvgIpc) is 3.10. The van der Waals surface area contributed by atoms with E-state index in [2.05, 4.69) is 14.8 Å². The van der Waals surface area contributed by atoms with E-state index in [0.717, 1.165) is 5.69 Å². The molecule has 0 bridgehead atoms. The maximum Gasteiger partial charge on any atom is 0.261 e. The van der Waals surface area contributed by atoms with Gasteiger partial charge in [0, 0.05) is 11.3 Å². The minimum atomic E-state index is -3.76. The predicted octanol–water partition coefficient (Wildman–Crippen LogP) is 1.17. The molecule has 0 saturated heterocycles. The van der Waals surface area contributed by atoms with Crippen LogP contribution in [0.2, 0.25) is 0 Å². The van der Waals surface area contributed by atoms with Crippen molar-refractivity contribution < 1.29 is 13.2 Å². The summed E-state index contributed by atoms with van der Waals surface area (Å²) in [5.41, 5.74) is 6.53. The zero-order valence-electron chi connectivity index (χ0n) is 12.3. The Kier molecular flexibility index (Phi) is 4.00. The summed E-state index contributed by atoms with van der Waals surface area (Å²) in [7, 11) is -3.76. The van der Waals surface area contributed by atoms with Crippen molar-refractivity contribution in [2.45, 2.75) is 4.90 Å². The van der Waals surface area contributed by atoms with Crippen molar-refractivity contribution in [2.75, 3.05) is 4.72 Å². The van der Waals surface area contributed by atoms with Gasteiger partial charge in [0.25, 0.3) is 10.0 Å². The van der Waals surface area contributed by atoms with E-state index in [1.54, 1.807) is 35.3 Å². The van der Waals surface area contributed by atoms with Gasteiger partial charge in [-0.15, -0.1) is 0 Å². The highest BCUT2D eigenvalue weighted by atomic mass is 32.2. The van der Waals surface area contributed by atoms with E-state index < -0.39 is 15.9 Å². The summed E-state index contributed by atoms with van der Waals surface area (Å²) < 4.78 is 28.7. The van der Waals surface area contributed by atoms with Crippen LogP contribution in [-0.2, 0) is 10.0 Å². The van der Waals surface area contributed by atoms with Crippen molar-refractivity contribution in [1.82, 2.24) is 14.8 Å². The van der Waals surface area contributed by atoms with Crippen LogP contribution in [0.3, 0.4) is 0 Å². The number of sulfonamides is 1. The van der Waals surface area contributed by atoms with Gasteiger partial charge in [0.05, 0.1) is 10.6 Å². The van der Waals surface area contributed by atoms with Crippen LogP contribution in [0.1, 0.15) is 10.4 Å². The first-order chi connectivity index (χ1) is 11.5. The van der Waals surface area contributed by atoms with E-state index in [-0.39, 0.29) is 10.5 Å². The Labute approximate surface area is 138 Å². The maximum atomic E-state index is 12.3. The van der Waals surface area contributed by atoms with E-state index in [4.69, 9.17) is 5.73 Å². The molecule has 3 N–H and O–H groups in total. The second kappa shape index (κ2) is 6.13. The standard InChI is InChI=1S/C15H13N5O3S/c16-15(21)11-1-7-14(8-2-11)24(22,23)19-12-3-5-13(6-4-12)20-10-17-9-18-20/h1-10,19H,(H2,16,21). The summed E-state index contributed by atoms with van der Waals surface area (Å²) in [6.45, 7) is 0. The fourth-order valence-corrected chi connectivity index (χ4v) is 3.09. The number of nitrogens with one attached hydrogen (secondary N) is 1. The Balaban J connectivity index is 1.80. The van der Waals surface area contributed by atoms with Crippen LogP contribution in [0.25, 0.3) is 5.69 Å². The third-order valence-corrected chi connectivity index (χ3v) is 4.65. The fourth-order valence-electron chi connectivity index (χ4n) is 2.04. The van der Waals surface area contributed by atoms with Crippen molar-refractivity contribution in [3.8, 4) is 5.69 Å². The molecule has 0 spiro atoms. The molecule has 0 saturated carbocycles. The molecule has 0 unspecified atom stereocenters. The number of carbonyl (C=O) groups is 1. The molecular weight excluding hydrogens is 330 g/mol. The lowest BCUT2D eigenvalue weighted by Gasteiger charge is -2.09. The molecule has 9 heteroatoms. The Morgan fingerprint density at radius 1 is 1.04 bits per heavy atom. The minimum absolute atomic E-state index is 0.0350. The van der Waals surface area contributed by atoms with E-state index in [9.17, 15) is 13.2 Å². The van der Waals surface area contributed by atoms with Crippen LogP contribution >= 0.6 is 0 Å². The molecule has 1 amide bonds. The lowest BCUT2D eigenvalue weighted by molar-refractivity contribution is 0.1000. The number of carbonyl (C=O) groups excluding carboxylic acids is 1. The monoisotopic (exact) mass is 343 g/mol. The number of hydrogen-bond acceptors (Lipinski definition) is 5. The van der Waals surface area contributed by atoms with Gasteiger partial charge in [-0.2, -0.15) is 5.10 Å². The van der Waals surface area contributed by atoms with Gasteiger partial charge in [0.1, 0.15) is 12.7 Å². The van der Waals surface area contributed by atoms with Gasteiger partial charge in [-0.05, 0) is 48.5 Å². The zero-order valence-corrected chi connectivity index (χ0v) is 13.1. The molecule has 0 atom stereocenters. The van der Waals surface area contributed by atoms with Gasteiger partial charge in [0.2, 0.25) is 5.91 Å². The first-order valence-corrected chi connectivity index (χ1v) is 8.32. The summed E-state index contributed by atoms with van der Waals surface area (Å²) >= 11 is 0. The normalized spacial score (nSPS) is 11.2. The number of nitrogens with two attached hydrogens (primary N) is 1. The average molecular weight is 343 g/mol. The molecule has 1 heterocycles. The molecule has 3 aromatic rings. The number of aromatic nitrogens is 3. The molecule has 2 aromatic carbocycles. The number of benzene rings is 2. The lowest BCUT2D eigenvalue weighted by Crippen LogP contribution is -2.14. The second-order valence-corrected chi connectivity index (χ2v) is 6.56. The first-order valence-electron chi connectivity index (χ1n) is 6.83. The number of anilines is 1. The van der Waals surface area contributed by atoms with Crippen LogP contribution < -0.4 is 10.5 Å². The lowest BCUT2D eigenvalue weighted by atomic mass is 10.2. The van der Waals surface area contributed by atoms with Crippen molar-refractivity contribution in [3.05, 3.63) is 66.7 Å². The molecule has 8 nitrogen and oxygen atoms in total. The fraction of sp³-hybridized carbons (Fsp3) is 0. The highest BCUT2D eigenvalue weighted by molar-refractivity contribution is 7.92. The third kappa shape index (κ3) is 3.25. The van der Waals surface area contributed by atoms with Crippen LogP contribution in [0.5, 0.6) is 0 Å². The highest BCUT2D eigenvalue weighted by Gasteiger charge is 2.14. The topological polar surface area (TPSA) is 120 Å². The number of primary amides is 1. The number of amides is 1. The van der Waals surface area contributed by atoms with Crippen LogP contribution in [0, 0.1) is 0 Å². The van der Waals surface area contributed by atoms with Gasteiger partial charge in [0.15, 0.2) is 0 Å². The van der Waals surface area contributed by atoms with E-state index in [1.807, 2.05) is 0 Å². The molecule has 122 valence electrons. The van der Waals surface area contributed by atoms with Gasteiger partial charge >= 0.3 is 0 Å². The predicted molar refractivity (Wildman–Crippen MR) is 87.1 cm³/mol. The molecule has 0 aliphatic heterocycles. The summed E-state index contributed by atoms with van der Waals surface area (Å²) in [4.78, 5) is 14.9. The second-order valence-electron chi connectivity index (χ2n) is 4.88. The number of rotatable bonds is 5. The largest absolute Gasteiger partial charge is 0.366 e. The zero-order chi connectivity index (χ0) is 17.2. The Morgan fingerprint density at radius 2 is 1.71 bits per heavy atom. The first kappa shape index (κ1) is 15.7. The molecule has 0 radical (unpaired) electrons. The quantitative estimate of drug-likeness (QED) is 0.720. The Bertz CT molecular complexity index is 949. The van der Waals surface area contributed by atoms with Crippen molar-refractivity contribution in [3.63, 3.8) is 0 Å². The maximum absolute atomic E-state index is 12.3. The van der Waals surface area contributed by atoms with Crippen molar-refractivity contribution in [1.29, 1.82) is 0 Å². The summed E-state index contributed by atoms with van der Waals surface area (Å²) in [5.74, 6) is -0.615. The molecule has 1 aromatic heterocycles. The van der Waals surface area contributed by atoms with Crippen molar-refractivity contribution >= 4 is 21.6 Å². The van der Waals surface area contributed by atoms with Crippen LogP contribution in [-0.4, -0.2) is 29.1 Å². The van der Waals surface area contributed by atoms with E-state index in [0.29, 0.717) is 5.69 Å². The molecule has 0 aliphatic rings. The Morgan fingerprint density at radius 3 is 2.25 bits per heavy atom. The molecule has 0 fully saturated rings. The summed E-state index contributed by atoms with van der Waals surface area (Å²) in [6.07, 6.45) is 2.95. The van der Waals surface area contributed by atoms with E-state index >= 15 is 0 Å².